The Labute approximate surface area is 129 Å². The van der Waals surface area contributed by atoms with Gasteiger partial charge < -0.3 is 9.84 Å². The van der Waals surface area contributed by atoms with Gasteiger partial charge in [-0.25, -0.2) is 4.39 Å². The molecule has 1 atom stereocenters. The smallest absolute Gasteiger partial charge is 0.237 e. The van der Waals surface area contributed by atoms with Gasteiger partial charge in [0.2, 0.25) is 5.91 Å². The van der Waals surface area contributed by atoms with Gasteiger partial charge in [-0.05, 0) is 32.6 Å². The van der Waals surface area contributed by atoms with E-state index in [2.05, 4.69) is 10.5 Å². The third-order valence-corrected chi connectivity index (χ3v) is 3.66. The molecule has 0 spiro atoms. The van der Waals surface area contributed by atoms with Crippen molar-refractivity contribution in [3.05, 3.63) is 41.9 Å². The molecule has 0 aliphatic heterocycles. The number of amides is 1. The van der Waals surface area contributed by atoms with Crippen LogP contribution in [-0.4, -0.2) is 35.6 Å². The SMILES string of the molecule is CCN(C)[C@H](C)C(=O)NCc1cc(-c2cccc(F)c2)no1. The van der Waals surface area contributed by atoms with Gasteiger partial charge in [0, 0.05) is 11.6 Å². The maximum absolute atomic E-state index is 13.2. The summed E-state index contributed by atoms with van der Waals surface area (Å²) < 4.78 is 18.4. The minimum Gasteiger partial charge on any atom is -0.359 e. The van der Waals surface area contributed by atoms with Gasteiger partial charge in [0.1, 0.15) is 11.5 Å². The summed E-state index contributed by atoms with van der Waals surface area (Å²) in [4.78, 5) is 13.9. The lowest BCUT2D eigenvalue weighted by molar-refractivity contribution is -0.125. The lowest BCUT2D eigenvalue weighted by atomic mass is 10.1. The van der Waals surface area contributed by atoms with Crippen molar-refractivity contribution < 1.29 is 13.7 Å². The summed E-state index contributed by atoms with van der Waals surface area (Å²) in [6, 6.07) is 7.61. The first-order chi connectivity index (χ1) is 10.5. The van der Waals surface area contributed by atoms with Gasteiger partial charge in [-0.15, -0.1) is 0 Å². The van der Waals surface area contributed by atoms with Gasteiger partial charge in [0.15, 0.2) is 5.76 Å². The van der Waals surface area contributed by atoms with Gasteiger partial charge in [0.25, 0.3) is 0 Å². The Morgan fingerprint density at radius 3 is 2.91 bits per heavy atom. The highest BCUT2D eigenvalue weighted by Crippen LogP contribution is 2.19. The van der Waals surface area contributed by atoms with E-state index in [0.29, 0.717) is 17.0 Å². The van der Waals surface area contributed by atoms with Crippen LogP contribution in [0.15, 0.2) is 34.9 Å². The summed E-state index contributed by atoms with van der Waals surface area (Å²) in [5.41, 5.74) is 1.18. The second-order valence-corrected chi connectivity index (χ2v) is 5.16. The van der Waals surface area contributed by atoms with E-state index in [9.17, 15) is 9.18 Å². The molecule has 0 fully saturated rings. The molecule has 2 aromatic rings. The number of nitrogens with one attached hydrogen (secondary N) is 1. The summed E-state index contributed by atoms with van der Waals surface area (Å²) in [7, 11) is 1.89. The average Bonchev–Trinajstić information content (AvgIpc) is 3.00. The van der Waals surface area contributed by atoms with Gasteiger partial charge in [0.05, 0.1) is 12.6 Å². The van der Waals surface area contributed by atoms with Crippen molar-refractivity contribution in [1.82, 2.24) is 15.4 Å². The minimum atomic E-state index is -0.327. The second kappa shape index (κ2) is 7.17. The Morgan fingerprint density at radius 2 is 2.23 bits per heavy atom. The van der Waals surface area contributed by atoms with Crippen LogP contribution in [0.1, 0.15) is 19.6 Å². The molecule has 0 bridgehead atoms. The second-order valence-electron chi connectivity index (χ2n) is 5.16. The topological polar surface area (TPSA) is 58.4 Å². The molecular weight excluding hydrogens is 285 g/mol. The molecule has 2 rings (SSSR count). The molecule has 22 heavy (non-hydrogen) atoms. The molecule has 0 saturated heterocycles. The first-order valence-corrected chi connectivity index (χ1v) is 7.20. The fraction of sp³-hybridized carbons (Fsp3) is 0.375. The molecule has 5 nitrogen and oxygen atoms in total. The van der Waals surface area contributed by atoms with Gasteiger partial charge in [-0.3, -0.25) is 9.69 Å². The number of benzene rings is 1. The Balaban J connectivity index is 1.97. The molecule has 1 heterocycles. The highest BCUT2D eigenvalue weighted by molar-refractivity contribution is 5.81. The first kappa shape index (κ1) is 16.2. The van der Waals surface area contributed by atoms with Crippen LogP contribution < -0.4 is 5.32 Å². The van der Waals surface area contributed by atoms with E-state index in [1.807, 2.05) is 25.8 Å². The molecule has 0 aliphatic rings. The van der Waals surface area contributed by atoms with Crippen LogP contribution in [0, 0.1) is 5.82 Å². The van der Waals surface area contributed by atoms with Crippen molar-refractivity contribution in [3.63, 3.8) is 0 Å². The minimum absolute atomic E-state index is 0.0759. The van der Waals surface area contributed by atoms with Crippen molar-refractivity contribution in [1.29, 1.82) is 0 Å². The van der Waals surface area contributed by atoms with Crippen molar-refractivity contribution in [2.24, 2.45) is 0 Å². The highest BCUT2D eigenvalue weighted by Gasteiger charge is 2.17. The number of hydrogen-bond donors (Lipinski definition) is 1. The fourth-order valence-corrected chi connectivity index (χ4v) is 1.98. The summed E-state index contributed by atoms with van der Waals surface area (Å²) in [6.07, 6.45) is 0. The van der Waals surface area contributed by atoms with E-state index < -0.39 is 0 Å². The Hall–Kier alpha value is -2.21. The molecule has 6 heteroatoms. The molecule has 0 aliphatic carbocycles. The van der Waals surface area contributed by atoms with E-state index in [0.717, 1.165) is 6.54 Å². The fourth-order valence-electron chi connectivity index (χ4n) is 1.98. The van der Waals surface area contributed by atoms with Crippen LogP contribution in [-0.2, 0) is 11.3 Å². The number of aromatic nitrogens is 1. The number of nitrogens with zero attached hydrogens (tertiary/aromatic N) is 2. The molecule has 0 saturated carbocycles. The number of carbonyl (C=O) groups excluding carboxylic acids is 1. The number of carbonyl (C=O) groups is 1. The molecule has 1 aromatic carbocycles. The number of rotatable bonds is 6. The first-order valence-electron chi connectivity index (χ1n) is 7.20. The predicted octanol–water partition coefficient (Wildman–Crippen LogP) is 2.44. The zero-order chi connectivity index (χ0) is 16.1. The maximum Gasteiger partial charge on any atom is 0.237 e. The molecule has 1 aromatic heterocycles. The summed E-state index contributed by atoms with van der Waals surface area (Å²) in [5, 5.41) is 6.70. The number of likely N-dealkylation sites (N-methyl/N-ethyl adjacent to an activating group) is 1. The molecule has 1 amide bonds. The van der Waals surface area contributed by atoms with Crippen LogP contribution in [0.25, 0.3) is 11.3 Å². The van der Waals surface area contributed by atoms with Crippen molar-refractivity contribution >= 4 is 5.91 Å². The van der Waals surface area contributed by atoms with Crippen LogP contribution in [0.5, 0.6) is 0 Å². The third-order valence-electron chi connectivity index (χ3n) is 3.66. The van der Waals surface area contributed by atoms with Gasteiger partial charge >= 0.3 is 0 Å². The van der Waals surface area contributed by atoms with E-state index in [1.165, 1.54) is 12.1 Å². The number of halogens is 1. The van der Waals surface area contributed by atoms with Crippen LogP contribution in [0.3, 0.4) is 0 Å². The van der Waals surface area contributed by atoms with Crippen molar-refractivity contribution in [2.75, 3.05) is 13.6 Å². The van der Waals surface area contributed by atoms with E-state index >= 15 is 0 Å². The summed E-state index contributed by atoms with van der Waals surface area (Å²) in [5.74, 6) is 0.124. The van der Waals surface area contributed by atoms with Crippen LogP contribution >= 0.6 is 0 Å². The van der Waals surface area contributed by atoms with Crippen molar-refractivity contribution in [2.45, 2.75) is 26.4 Å². The van der Waals surface area contributed by atoms with Gasteiger partial charge in [-0.2, -0.15) is 0 Å². The van der Waals surface area contributed by atoms with E-state index in [-0.39, 0.29) is 24.3 Å². The summed E-state index contributed by atoms with van der Waals surface area (Å²) in [6.45, 7) is 4.88. The van der Waals surface area contributed by atoms with Gasteiger partial charge in [-0.1, -0.05) is 24.2 Å². The molecule has 118 valence electrons. The predicted molar refractivity (Wildman–Crippen MR) is 81.5 cm³/mol. The molecule has 1 N–H and O–H groups in total. The Kier molecular flexibility index (Phi) is 5.27. The maximum atomic E-state index is 13.2. The van der Waals surface area contributed by atoms with E-state index in [4.69, 9.17) is 4.52 Å². The Bertz CT molecular complexity index is 642. The average molecular weight is 305 g/mol. The normalized spacial score (nSPS) is 12.4. The standard InChI is InChI=1S/C16H20FN3O2/c1-4-20(3)11(2)16(21)18-10-14-9-15(19-22-14)12-6-5-7-13(17)8-12/h5-9,11H,4,10H2,1-3H3,(H,18,21)/t11-/m1/s1. The zero-order valence-corrected chi connectivity index (χ0v) is 13.0. The van der Waals surface area contributed by atoms with Crippen molar-refractivity contribution in [3.8, 4) is 11.3 Å². The molecular formula is C16H20FN3O2. The van der Waals surface area contributed by atoms with Crippen LogP contribution in [0.4, 0.5) is 4.39 Å². The largest absolute Gasteiger partial charge is 0.359 e. The monoisotopic (exact) mass is 305 g/mol. The number of hydrogen-bond acceptors (Lipinski definition) is 4. The lowest BCUT2D eigenvalue weighted by Gasteiger charge is -2.21. The Morgan fingerprint density at radius 1 is 1.45 bits per heavy atom. The van der Waals surface area contributed by atoms with Crippen LogP contribution in [0.2, 0.25) is 0 Å². The summed E-state index contributed by atoms with van der Waals surface area (Å²) >= 11 is 0. The zero-order valence-electron chi connectivity index (χ0n) is 13.0. The van der Waals surface area contributed by atoms with E-state index in [1.54, 1.807) is 18.2 Å². The molecule has 0 unspecified atom stereocenters. The third kappa shape index (κ3) is 3.92. The highest BCUT2D eigenvalue weighted by atomic mass is 19.1. The quantitative estimate of drug-likeness (QED) is 0.890. The molecule has 0 radical (unpaired) electrons. The lowest BCUT2D eigenvalue weighted by Crippen LogP contribution is -2.42.